The van der Waals surface area contributed by atoms with Gasteiger partial charge in [-0.05, 0) is 42.9 Å². The second kappa shape index (κ2) is 5.42. The van der Waals surface area contributed by atoms with Crippen LogP contribution in [0.25, 0.3) is 0 Å². The Morgan fingerprint density at radius 2 is 2.11 bits per heavy atom. The van der Waals surface area contributed by atoms with Crippen LogP contribution in [0.1, 0.15) is 32.6 Å². The lowest BCUT2D eigenvalue weighted by atomic mass is 10.0. The van der Waals surface area contributed by atoms with E-state index in [9.17, 15) is 8.42 Å². The van der Waals surface area contributed by atoms with E-state index < -0.39 is 10.0 Å². The molecule has 0 aliphatic heterocycles. The van der Waals surface area contributed by atoms with E-state index >= 15 is 0 Å². The summed E-state index contributed by atoms with van der Waals surface area (Å²) < 4.78 is 27.9. The molecule has 0 spiro atoms. The zero-order valence-corrected chi connectivity index (χ0v) is 13.4. The van der Waals surface area contributed by atoms with E-state index in [0.717, 1.165) is 30.2 Å². The zero-order valence-electron chi connectivity index (χ0n) is 10.9. The number of nitrogens with two attached hydrogens (primary N) is 1. The van der Waals surface area contributed by atoms with Gasteiger partial charge < -0.3 is 5.73 Å². The van der Waals surface area contributed by atoms with Crippen molar-refractivity contribution >= 4 is 31.6 Å². The highest BCUT2D eigenvalue weighted by Gasteiger charge is 2.42. The number of nitrogen functional groups attached to an aromatic ring is 1. The second-order valence-electron chi connectivity index (χ2n) is 5.26. The van der Waals surface area contributed by atoms with E-state index in [0.29, 0.717) is 6.54 Å². The average molecular weight is 347 g/mol. The molecule has 0 saturated heterocycles. The van der Waals surface area contributed by atoms with Gasteiger partial charge in [0.05, 0.1) is 5.69 Å². The predicted molar refractivity (Wildman–Crippen MR) is 80.3 cm³/mol. The predicted octanol–water partition coefficient (Wildman–Crippen LogP) is 2.89. The molecule has 0 heterocycles. The molecule has 6 heteroatoms. The summed E-state index contributed by atoms with van der Waals surface area (Å²) in [4.78, 5) is 0.156. The summed E-state index contributed by atoms with van der Waals surface area (Å²) in [5.74, 6) is 0. The molecular formula is C13H19BrN2O2S. The number of benzene rings is 1. The van der Waals surface area contributed by atoms with Gasteiger partial charge in [0.1, 0.15) is 4.90 Å². The maximum absolute atomic E-state index is 12.2. The summed E-state index contributed by atoms with van der Waals surface area (Å²) in [6.07, 6.45) is 4.38. The third kappa shape index (κ3) is 3.49. The fraction of sp³-hybridized carbons (Fsp3) is 0.538. The van der Waals surface area contributed by atoms with Crippen molar-refractivity contribution in [3.63, 3.8) is 0 Å². The molecule has 0 aromatic heterocycles. The van der Waals surface area contributed by atoms with E-state index in [-0.39, 0.29) is 16.0 Å². The fourth-order valence-electron chi connectivity index (χ4n) is 2.31. The lowest BCUT2D eigenvalue weighted by molar-refractivity contribution is 0.449. The van der Waals surface area contributed by atoms with Crippen molar-refractivity contribution < 1.29 is 8.42 Å². The van der Waals surface area contributed by atoms with Crippen LogP contribution in [0.2, 0.25) is 0 Å². The molecule has 19 heavy (non-hydrogen) atoms. The minimum absolute atomic E-state index is 0.156. The molecule has 106 valence electrons. The summed E-state index contributed by atoms with van der Waals surface area (Å²) in [6.45, 7) is 2.64. The van der Waals surface area contributed by atoms with Crippen molar-refractivity contribution in [1.82, 2.24) is 4.72 Å². The van der Waals surface area contributed by atoms with Gasteiger partial charge in [0.2, 0.25) is 10.0 Å². The number of anilines is 1. The third-order valence-corrected chi connectivity index (χ3v) is 5.60. The van der Waals surface area contributed by atoms with Gasteiger partial charge in [0, 0.05) is 11.0 Å². The van der Waals surface area contributed by atoms with Crippen LogP contribution in [-0.4, -0.2) is 15.0 Å². The molecule has 4 nitrogen and oxygen atoms in total. The van der Waals surface area contributed by atoms with Crippen LogP contribution in [0.5, 0.6) is 0 Å². The van der Waals surface area contributed by atoms with E-state index in [4.69, 9.17) is 5.73 Å². The van der Waals surface area contributed by atoms with E-state index in [1.54, 1.807) is 12.1 Å². The number of hydrogen-bond donors (Lipinski definition) is 2. The van der Waals surface area contributed by atoms with Gasteiger partial charge in [0.15, 0.2) is 0 Å². The van der Waals surface area contributed by atoms with Gasteiger partial charge in [-0.3, -0.25) is 0 Å². The highest BCUT2D eigenvalue weighted by Crippen LogP contribution is 2.49. The van der Waals surface area contributed by atoms with Crippen molar-refractivity contribution in [2.24, 2.45) is 5.41 Å². The van der Waals surface area contributed by atoms with Crippen molar-refractivity contribution in [2.75, 3.05) is 12.3 Å². The van der Waals surface area contributed by atoms with Crippen LogP contribution in [0.15, 0.2) is 27.6 Å². The van der Waals surface area contributed by atoms with Crippen LogP contribution >= 0.6 is 15.9 Å². The number of hydrogen-bond acceptors (Lipinski definition) is 3. The molecule has 1 aliphatic rings. The number of nitrogens with one attached hydrogen (secondary N) is 1. The summed E-state index contributed by atoms with van der Waals surface area (Å²) in [6, 6.07) is 4.82. The molecule has 3 N–H and O–H groups in total. The Labute approximate surface area is 122 Å². The van der Waals surface area contributed by atoms with Gasteiger partial charge in [-0.2, -0.15) is 0 Å². The molecule has 1 aromatic carbocycles. The highest BCUT2D eigenvalue weighted by atomic mass is 79.9. The third-order valence-electron chi connectivity index (χ3n) is 3.64. The Kier molecular flexibility index (Phi) is 4.23. The monoisotopic (exact) mass is 346 g/mol. The minimum atomic E-state index is -3.52. The maximum Gasteiger partial charge on any atom is 0.242 e. The van der Waals surface area contributed by atoms with Crippen molar-refractivity contribution in [3.05, 3.63) is 22.7 Å². The number of sulfonamides is 1. The van der Waals surface area contributed by atoms with Gasteiger partial charge in [-0.15, -0.1) is 0 Å². The number of halogens is 1. The number of rotatable bonds is 6. The van der Waals surface area contributed by atoms with Crippen LogP contribution in [0, 0.1) is 5.41 Å². The van der Waals surface area contributed by atoms with Gasteiger partial charge >= 0.3 is 0 Å². The van der Waals surface area contributed by atoms with Crippen molar-refractivity contribution in [3.8, 4) is 0 Å². The smallest absolute Gasteiger partial charge is 0.242 e. The highest BCUT2D eigenvalue weighted by molar-refractivity contribution is 9.10. The normalized spacial score (nSPS) is 17.4. The Morgan fingerprint density at radius 3 is 2.63 bits per heavy atom. The first kappa shape index (κ1) is 14.8. The quantitative estimate of drug-likeness (QED) is 0.778. The van der Waals surface area contributed by atoms with Crippen molar-refractivity contribution in [1.29, 1.82) is 0 Å². The summed E-state index contributed by atoms with van der Waals surface area (Å²) in [7, 11) is -3.52. The van der Waals surface area contributed by atoms with Crippen LogP contribution < -0.4 is 10.5 Å². The fourth-order valence-corrected chi connectivity index (χ4v) is 3.96. The maximum atomic E-state index is 12.2. The molecule has 2 rings (SSSR count). The first-order valence-corrected chi connectivity index (χ1v) is 8.71. The van der Waals surface area contributed by atoms with E-state index in [1.165, 1.54) is 6.07 Å². The molecule has 0 radical (unpaired) electrons. The molecule has 0 amide bonds. The largest absolute Gasteiger partial charge is 0.398 e. The minimum Gasteiger partial charge on any atom is -0.398 e. The lowest BCUT2D eigenvalue weighted by Crippen LogP contribution is -2.30. The van der Waals surface area contributed by atoms with E-state index in [1.807, 2.05) is 0 Å². The van der Waals surface area contributed by atoms with Gasteiger partial charge in [-0.25, -0.2) is 13.1 Å². The van der Waals surface area contributed by atoms with Crippen LogP contribution in [0.3, 0.4) is 0 Å². The second-order valence-corrected chi connectivity index (χ2v) is 7.91. The summed E-state index contributed by atoms with van der Waals surface area (Å²) in [5, 5.41) is 0. The first-order valence-electron chi connectivity index (χ1n) is 6.43. The molecule has 1 fully saturated rings. The Balaban J connectivity index is 2.10. The molecule has 1 aliphatic carbocycles. The molecular weight excluding hydrogens is 328 g/mol. The first-order chi connectivity index (χ1) is 8.88. The van der Waals surface area contributed by atoms with Gasteiger partial charge in [0.25, 0.3) is 0 Å². The molecule has 0 atom stereocenters. The zero-order chi connectivity index (χ0) is 14.1. The Bertz CT molecular complexity index is 568. The summed E-state index contributed by atoms with van der Waals surface area (Å²) >= 11 is 3.27. The van der Waals surface area contributed by atoms with Gasteiger partial charge in [-0.1, -0.05) is 29.3 Å². The SMILES string of the molecule is CCCC1(CNS(=O)(=O)c2ccc(Br)cc2N)CC1. The van der Waals surface area contributed by atoms with Crippen LogP contribution in [-0.2, 0) is 10.0 Å². The van der Waals surface area contributed by atoms with Crippen molar-refractivity contribution in [2.45, 2.75) is 37.5 Å². The molecule has 1 aromatic rings. The Morgan fingerprint density at radius 1 is 1.42 bits per heavy atom. The molecule has 1 saturated carbocycles. The van der Waals surface area contributed by atoms with E-state index in [2.05, 4.69) is 27.6 Å². The molecule has 0 bridgehead atoms. The van der Waals surface area contributed by atoms with Crippen LogP contribution in [0.4, 0.5) is 5.69 Å². The topological polar surface area (TPSA) is 72.2 Å². The summed E-state index contributed by atoms with van der Waals surface area (Å²) in [5.41, 5.74) is 6.22. The lowest BCUT2D eigenvalue weighted by Gasteiger charge is -2.16. The standard InChI is InChI=1S/C13H19BrN2O2S/c1-2-5-13(6-7-13)9-16-19(17,18)12-4-3-10(14)8-11(12)15/h3-4,8,16H,2,5-7,9,15H2,1H3. The molecule has 0 unspecified atom stereocenters. The average Bonchev–Trinajstić information content (AvgIpc) is 3.07. The Hall–Kier alpha value is -0.590.